The van der Waals surface area contributed by atoms with Crippen molar-refractivity contribution in [2.45, 2.75) is 32.2 Å². The van der Waals surface area contributed by atoms with Crippen LogP contribution in [0, 0.1) is 6.92 Å². The number of benzene rings is 1. The highest BCUT2D eigenvalue weighted by molar-refractivity contribution is 5.86. The van der Waals surface area contributed by atoms with Crippen LogP contribution in [0.15, 0.2) is 24.4 Å². The summed E-state index contributed by atoms with van der Waals surface area (Å²) in [5.41, 5.74) is 3.72. The number of morpholine rings is 1. The standard InChI is InChI=1S/C21H30N4O2/c1-16-4-2-6-19-20(16)17(14-23-19)7-8-22-21(26)25-9-3-5-18(25)15-24-10-12-27-13-11-24/h2,4,6,14,18,23H,3,5,7-13,15H2,1H3,(H,22,26)/t18-/m0/s1. The molecule has 2 N–H and O–H groups in total. The molecule has 0 aliphatic carbocycles. The van der Waals surface area contributed by atoms with Gasteiger partial charge in [0.25, 0.3) is 0 Å². The third-order valence-corrected chi connectivity index (χ3v) is 5.88. The summed E-state index contributed by atoms with van der Waals surface area (Å²) in [5.74, 6) is 0. The molecule has 0 saturated carbocycles. The minimum atomic E-state index is 0.0855. The summed E-state index contributed by atoms with van der Waals surface area (Å²) in [6.45, 7) is 8.22. The molecule has 6 heteroatoms. The van der Waals surface area contributed by atoms with Gasteiger partial charge in [0.2, 0.25) is 0 Å². The number of carbonyl (C=O) groups is 1. The average molecular weight is 370 g/mol. The lowest BCUT2D eigenvalue weighted by Crippen LogP contribution is -2.49. The van der Waals surface area contributed by atoms with Gasteiger partial charge in [0.1, 0.15) is 0 Å². The molecular weight excluding hydrogens is 340 g/mol. The maximum atomic E-state index is 12.7. The predicted octanol–water partition coefficient (Wildman–Crippen LogP) is 2.53. The molecule has 0 spiro atoms. The number of rotatable bonds is 5. The van der Waals surface area contributed by atoms with Crippen molar-refractivity contribution in [1.82, 2.24) is 20.1 Å². The van der Waals surface area contributed by atoms with Gasteiger partial charge in [-0.05, 0) is 43.4 Å². The molecule has 1 atom stereocenters. The van der Waals surface area contributed by atoms with Crippen LogP contribution in [-0.2, 0) is 11.2 Å². The van der Waals surface area contributed by atoms with Crippen molar-refractivity contribution in [3.8, 4) is 0 Å². The highest BCUT2D eigenvalue weighted by Gasteiger charge is 2.30. The van der Waals surface area contributed by atoms with E-state index < -0.39 is 0 Å². The molecule has 2 aliphatic heterocycles. The zero-order valence-electron chi connectivity index (χ0n) is 16.2. The SMILES string of the molecule is Cc1cccc2[nH]cc(CCNC(=O)N3CCC[C@H]3CN3CCOCC3)c12. The summed E-state index contributed by atoms with van der Waals surface area (Å²) in [6.07, 6.45) is 5.12. The fourth-order valence-corrected chi connectivity index (χ4v) is 4.43. The van der Waals surface area contributed by atoms with Crippen LogP contribution in [0.3, 0.4) is 0 Å². The number of hydrogen-bond acceptors (Lipinski definition) is 3. The number of hydrogen-bond donors (Lipinski definition) is 2. The number of aromatic amines is 1. The molecule has 0 bridgehead atoms. The summed E-state index contributed by atoms with van der Waals surface area (Å²) in [7, 11) is 0. The summed E-state index contributed by atoms with van der Waals surface area (Å²) < 4.78 is 5.43. The van der Waals surface area contributed by atoms with Gasteiger partial charge in [-0.3, -0.25) is 4.90 Å². The summed E-state index contributed by atoms with van der Waals surface area (Å²) in [6, 6.07) is 6.73. The van der Waals surface area contributed by atoms with Crippen molar-refractivity contribution < 1.29 is 9.53 Å². The van der Waals surface area contributed by atoms with Crippen molar-refractivity contribution >= 4 is 16.9 Å². The average Bonchev–Trinajstić information content (AvgIpc) is 3.30. The number of ether oxygens (including phenoxy) is 1. The molecule has 6 nitrogen and oxygen atoms in total. The fraction of sp³-hybridized carbons (Fsp3) is 0.571. The molecule has 0 radical (unpaired) electrons. The molecule has 27 heavy (non-hydrogen) atoms. The Morgan fingerprint density at radius 3 is 3.00 bits per heavy atom. The molecule has 2 aromatic rings. The van der Waals surface area contributed by atoms with E-state index in [9.17, 15) is 4.79 Å². The summed E-state index contributed by atoms with van der Waals surface area (Å²) in [4.78, 5) is 20.5. The van der Waals surface area contributed by atoms with Gasteiger partial charge < -0.3 is 19.9 Å². The van der Waals surface area contributed by atoms with Gasteiger partial charge in [-0.2, -0.15) is 0 Å². The molecule has 0 unspecified atom stereocenters. The van der Waals surface area contributed by atoms with Crippen molar-refractivity contribution in [3.63, 3.8) is 0 Å². The molecular formula is C21H30N4O2. The third kappa shape index (κ3) is 4.12. The molecule has 2 fully saturated rings. The van der Waals surface area contributed by atoms with E-state index in [1.165, 1.54) is 22.0 Å². The Hall–Kier alpha value is -2.05. The maximum Gasteiger partial charge on any atom is 0.317 e. The normalized spacial score (nSPS) is 21.1. The lowest BCUT2D eigenvalue weighted by molar-refractivity contribution is 0.0292. The monoisotopic (exact) mass is 370 g/mol. The molecule has 3 heterocycles. The lowest BCUT2D eigenvalue weighted by atomic mass is 10.1. The van der Waals surface area contributed by atoms with Crippen LogP contribution in [0.5, 0.6) is 0 Å². The van der Waals surface area contributed by atoms with Crippen LogP contribution in [0.2, 0.25) is 0 Å². The Morgan fingerprint density at radius 2 is 2.15 bits per heavy atom. The van der Waals surface area contributed by atoms with Crippen LogP contribution < -0.4 is 5.32 Å². The van der Waals surface area contributed by atoms with Gasteiger partial charge in [-0.25, -0.2) is 4.79 Å². The van der Waals surface area contributed by atoms with Crippen LogP contribution in [0.1, 0.15) is 24.0 Å². The highest BCUT2D eigenvalue weighted by Crippen LogP contribution is 2.22. The topological polar surface area (TPSA) is 60.6 Å². The number of aromatic nitrogens is 1. The Kier molecular flexibility index (Phi) is 5.64. The predicted molar refractivity (Wildman–Crippen MR) is 107 cm³/mol. The van der Waals surface area contributed by atoms with E-state index in [2.05, 4.69) is 46.5 Å². The molecule has 4 rings (SSSR count). The first-order valence-electron chi connectivity index (χ1n) is 10.1. The third-order valence-electron chi connectivity index (χ3n) is 5.88. The second-order valence-electron chi connectivity index (χ2n) is 7.70. The van der Waals surface area contributed by atoms with E-state index in [-0.39, 0.29) is 6.03 Å². The van der Waals surface area contributed by atoms with Crippen molar-refractivity contribution in [3.05, 3.63) is 35.5 Å². The Labute approximate surface area is 160 Å². The second kappa shape index (κ2) is 8.31. The van der Waals surface area contributed by atoms with E-state index in [1.807, 2.05) is 4.90 Å². The van der Waals surface area contributed by atoms with Gasteiger partial charge in [-0.1, -0.05) is 12.1 Å². The van der Waals surface area contributed by atoms with Gasteiger partial charge in [0, 0.05) is 55.9 Å². The first-order chi connectivity index (χ1) is 13.2. The molecule has 2 aliphatic rings. The Bertz CT molecular complexity index is 782. The minimum absolute atomic E-state index is 0.0855. The molecule has 2 saturated heterocycles. The molecule has 2 amide bonds. The lowest BCUT2D eigenvalue weighted by Gasteiger charge is -2.32. The van der Waals surface area contributed by atoms with E-state index >= 15 is 0 Å². The van der Waals surface area contributed by atoms with Gasteiger partial charge in [-0.15, -0.1) is 0 Å². The number of fused-ring (bicyclic) bond motifs is 1. The van der Waals surface area contributed by atoms with E-state index in [1.54, 1.807) is 0 Å². The van der Waals surface area contributed by atoms with Crippen LogP contribution in [0.25, 0.3) is 10.9 Å². The smallest absolute Gasteiger partial charge is 0.317 e. The van der Waals surface area contributed by atoms with E-state index in [0.717, 1.165) is 58.7 Å². The molecule has 146 valence electrons. The number of carbonyl (C=O) groups excluding carboxylic acids is 1. The van der Waals surface area contributed by atoms with Crippen LogP contribution in [-0.4, -0.2) is 72.8 Å². The zero-order valence-corrected chi connectivity index (χ0v) is 16.2. The Morgan fingerprint density at radius 1 is 1.30 bits per heavy atom. The first kappa shape index (κ1) is 18.3. The number of urea groups is 1. The zero-order chi connectivity index (χ0) is 18.6. The van der Waals surface area contributed by atoms with Gasteiger partial charge in [0.05, 0.1) is 13.2 Å². The molecule has 1 aromatic carbocycles. The fourth-order valence-electron chi connectivity index (χ4n) is 4.43. The minimum Gasteiger partial charge on any atom is -0.379 e. The number of nitrogens with one attached hydrogen (secondary N) is 2. The second-order valence-corrected chi connectivity index (χ2v) is 7.70. The van der Waals surface area contributed by atoms with Gasteiger partial charge >= 0.3 is 6.03 Å². The largest absolute Gasteiger partial charge is 0.379 e. The van der Waals surface area contributed by atoms with Gasteiger partial charge in [0.15, 0.2) is 0 Å². The van der Waals surface area contributed by atoms with Crippen molar-refractivity contribution in [2.75, 3.05) is 45.9 Å². The van der Waals surface area contributed by atoms with E-state index in [4.69, 9.17) is 4.74 Å². The van der Waals surface area contributed by atoms with Crippen molar-refractivity contribution in [1.29, 1.82) is 0 Å². The van der Waals surface area contributed by atoms with Crippen LogP contribution >= 0.6 is 0 Å². The number of aryl methyl sites for hydroxylation is 1. The number of H-pyrrole nitrogens is 1. The van der Waals surface area contributed by atoms with E-state index in [0.29, 0.717) is 12.6 Å². The molecule has 1 aromatic heterocycles. The van der Waals surface area contributed by atoms with Crippen LogP contribution in [0.4, 0.5) is 4.79 Å². The number of amides is 2. The summed E-state index contributed by atoms with van der Waals surface area (Å²) >= 11 is 0. The highest BCUT2D eigenvalue weighted by atomic mass is 16.5. The first-order valence-corrected chi connectivity index (χ1v) is 10.1. The summed E-state index contributed by atoms with van der Waals surface area (Å²) in [5, 5.41) is 4.43. The maximum absolute atomic E-state index is 12.7. The number of likely N-dealkylation sites (tertiary alicyclic amines) is 1. The van der Waals surface area contributed by atoms with Crippen molar-refractivity contribution in [2.24, 2.45) is 0 Å². The quantitative estimate of drug-likeness (QED) is 0.850. The Balaban J connectivity index is 1.30. The number of nitrogens with zero attached hydrogens (tertiary/aromatic N) is 2.